The summed E-state index contributed by atoms with van der Waals surface area (Å²) in [5.74, 6) is -0.648. The second-order valence-corrected chi connectivity index (χ2v) is 3.50. The maximum absolute atomic E-state index is 11.6. The first-order chi connectivity index (χ1) is 8.27. The highest BCUT2D eigenvalue weighted by Crippen LogP contribution is 2.16. The smallest absolute Gasteiger partial charge is 0.342 e. The monoisotopic (exact) mass is 227 g/mol. The number of carbonyl (C=O) groups excluding carboxylic acids is 1. The average molecular weight is 227 g/mol. The van der Waals surface area contributed by atoms with E-state index in [-0.39, 0.29) is 17.9 Å². The van der Waals surface area contributed by atoms with Crippen molar-refractivity contribution in [2.24, 2.45) is 0 Å². The van der Waals surface area contributed by atoms with Crippen LogP contribution >= 0.6 is 0 Å². The van der Waals surface area contributed by atoms with Gasteiger partial charge in [0.05, 0.1) is 0 Å². The third kappa shape index (κ3) is 2.84. The van der Waals surface area contributed by atoms with Gasteiger partial charge in [0.25, 0.3) is 0 Å². The van der Waals surface area contributed by atoms with Crippen LogP contribution in [0.4, 0.5) is 0 Å². The van der Waals surface area contributed by atoms with Crippen LogP contribution in [0.5, 0.6) is 5.75 Å². The van der Waals surface area contributed by atoms with E-state index in [1.165, 1.54) is 18.2 Å². The van der Waals surface area contributed by atoms with Crippen molar-refractivity contribution in [2.75, 3.05) is 0 Å². The summed E-state index contributed by atoms with van der Waals surface area (Å²) in [5.41, 5.74) is 1.03. The molecule has 2 aromatic rings. The van der Waals surface area contributed by atoms with Crippen molar-refractivity contribution in [3.63, 3.8) is 0 Å². The molecule has 0 unspecified atom stereocenters. The van der Waals surface area contributed by atoms with Crippen molar-refractivity contribution < 1.29 is 14.6 Å². The molecule has 0 saturated heterocycles. The van der Waals surface area contributed by atoms with Crippen LogP contribution < -0.4 is 0 Å². The number of rotatable bonds is 3. The summed E-state index contributed by atoms with van der Waals surface area (Å²) in [6, 6.07) is 16.4. The van der Waals surface area contributed by atoms with Crippen molar-refractivity contribution in [3.05, 3.63) is 65.7 Å². The van der Waals surface area contributed by atoms with Gasteiger partial charge in [-0.2, -0.15) is 0 Å². The second-order valence-electron chi connectivity index (χ2n) is 3.50. The Balaban J connectivity index is 2.01. The summed E-state index contributed by atoms with van der Waals surface area (Å²) in [6.07, 6.45) is 0. The summed E-state index contributed by atoms with van der Waals surface area (Å²) >= 11 is 0. The number of ether oxygens (including phenoxy) is 1. The van der Waals surface area contributed by atoms with Crippen LogP contribution in [0.1, 0.15) is 15.9 Å². The minimum atomic E-state index is -0.553. The molecule has 0 fully saturated rings. The van der Waals surface area contributed by atoms with E-state index in [0.717, 1.165) is 5.56 Å². The summed E-state index contributed by atoms with van der Waals surface area (Å²) in [5, 5.41) is 9.46. The highest BCUT2D eigenvalue weighted by Gasteiger charge is 2.11. The lowest BCUT2D eigenvalue weighted by molar-refractivity contribution is 0.0469. The van der Waals surface area contributed by atoms with Gasteiger partial charge < -0.3 is 9.84 Å². The Labute approximate surface area is 99.3 Å². The van der Waals surface area contributed by atoms with Gasteiger partial charge in [-0.15, -0.1) is 0 Å². The molecule has 2 rings (SSSR count). The molecule has 0 aromatic heterocycles. The van der Waals surface area contributed by atoms with Gasteiger partial charge in [-0.3, -0.25) is 0 Å². The minimum Gasteiger partial charge on any atom is -0.507 e. The fourth-order valence-electron chi connectivity index (χ4n) is 1.39. The van der Waals surface area contributed by atoms with Gasteiger partial charge in [-0.25, -0.2) is 4.79 Å². The SMILES string of the molecule is O=C(OCc1ccccc1)c1c[c]ccc1O. The van der Waals surface area contributed by atoms with E-state index >= 15 is 0 Å². The van der Waals surface area contributed by atoms with Crippen LogP contribution in [-0.4, -0.2) is 11.1 Å². The molecule has 3 nitrogen and oxygen atoms in total. The zero-order valence-electron chi connectivity index (χ0n) is 9.09. The first-order valence-corrected chi connectivity index (χ1v) is 5.17. The van der Waals surface area contributed by atoms with Crippen LogP contribution in [0.3, 0.4) is 0 Å². The van der Waals surface area contributed by atoms with Crippen molar-refractivity contribution >= 4 is 5.97 Å². The molecule has 3 heteroatoms. The molecule has 1 radical (unpaired) electrons. The van der Waals surface area contributed by atoms with E-state index < -0.39 is 5.97 Å². The van der Waals surface area contributed by atoms with Crippen molar-refractivity contribution in [1.82, 2.24) is 0 Å². The molecule has 0 aliphatic heterocycles. The zero-order chi connectivity index (χ0) is 12.1. The first kappa shape index (κ1) is 11.2. The predicted octanol–water partition coefficient (Wildman–Crippen LogP) is 2.55. The summed E-state index contributed by atoms with van der Waals surface area (Å²) in [6.45, 7) is 0.188. The second kappa shape index (κ2) is 5.16. The largest absolute Gasteiger partial charge is 0.507 e. The highest BCUT2D eigenvalue weighted by molar-refractivity contribution is 5.92. The van der Waals surface area contributed by atoms with Crippen LogP contribution in [0.25, 0.3) is 0 Å². The molecule has 1 N–H and O–H groups in total. The number of carbonyl (C=O) groups is 1. The topological polar surface area (TPSA) is 46.5 Å². The maximum Gasteiger partial charge on any atom is 0.342 e. The van der Waals surface area contributed by atoms with Gasteiger partial charge >= 0.3 is 5.97 Å². The fourth-order valence-corrected chi connectivity index (χ4v) is 1.39. The molecule has 0 amide bonds. The number of esters is 1. The first-order valence-electron chi connectivity index (χ1n) is 5.17. The number of benzene rings is 2. The Morgan fingerprint density at radius 2 is 2.00 bits per heavy atom. The molecule has 0 heterocycles. The average Bonchev–Trinajstić information content (AvgIpc) is 2.38. The Kier molecular flexibility index (Phi) is 3.40. The fraction of sp³-hybridized carbons (Fsp3) is 0.0714. The standard InChI is InChI=1S/C14H11O3/c15-13-9-5-4-8-12(13)14(16)17-10-11-6-2-1-3-7-11/h1-3,5-9,15H,10H2. The number of aromatic hydroxyl groups is 1. The maximum atomic E-state index is 11.6. The molecule has 0 saturated carbocycles. The van der Waals surface area contributed by atoms with Gasteiger partial charge in [-0.05, 0) is 23.8 Å². The Morgan fingerprint density at radius 3 is 2.71 bits per heavy atom. The summed E-state index contributed by atoms with van der Waals surface area (Å²) < 4.78 is 5.08. The van der Waals surface area contributed by atoms with Crippen molar-refractivity contribution in [1.29, 1.82) is 0 Å². The van der Waals surface area contributed by atoms with E-state index in [9.17, 15) is 9.90 Å². The molecule has 2 aromatic carbocycles. The molecule has 17 heavy (non-hydrogen) atoms. The molecule has 0 bridgehead atoms. The van der Waals surface area contributed by atoms with Gasteiger partial charge in [-0.1, -0.05) is 36.4 Å². The number of phenols is 1. The molecular formula is C14H11O3. The van der Waals surface area contributed by atoms with Gasteiger partial charge in [0.2, 0.25) is 0 Å². The van der Waals surface area contributed by atoms with E-state index in [2.05, 4.69) is 6.07 Å². The molecule has 0 spiro atoms. The number of phenolic OH excluding ortho intramolecular Hbond substituents is 1. The third-order valence-corrected chi connectivity index (χ3v) is 2.27. The van der Waals surface area contributed by atoms with Crippen LogP contribution in [0, 0.1) is 6.07 Å². The Hall–Kier alpha value is -2.29. The molecule has 0 aliphatic carbocycles. The van der Waals surface area contributed by atoms with E-state index in [0.29, 0.717) is 0 Å². The zero-order valence-corrected chi connectivity index (χ0v) is 9.09. The third-order valence-electron chi connectivity index (χ3n) is 2.27. The van der Waals surface area contributed by atoms with Gasteiger partial charge in [0, 0.05) is 0 Å². The van der Waals surface area contributed by atoms with Gasteiger partial charge in [0.1, 0.15) is 17.9 Å². The Morgan fingerprint density at radius 1 is 1.24 bits per heavy atom. The van der Waals surface area contributed by atoms with Crippen LogP contribution in [0.2, 0.25) is 0 Å². The summed E-state index contributed by atoms with van der Waals surface area (Å²) in [4.78, 5) is 11.6. The predicted molar refractivity (Wildman–Crippen MR) is 62.5 cm³/mol. The quantitative estimate of drug-likeness (QED) is 0.819. The summed E-state index contributed by atoms with van der Waals surface area (Å²) in [7, 11) is 0. The van der Waals surface area contributed by atoms with E-state index in [1.807, 2.05) is 30.3 Å². The molecule has 0 atom stereocenters. The number of hydrogen-bond donors (Lipinski definition) is 1. The molecular weight excluding hydrogens is 216 g/mol. The lowest BCUT2D eigenvalue weighted by atomic mass is 10.2. The lowest BCUT2D eigenvalue weighted by Crippen LogP contribution is -2.05. The van der Waals surface area contributed by atoms with Crippen molar-refractivity contribution in [2.45, 2.75) is 6.61 Å². The normalized spacial score (nSPS) is 9.88. The van der Waals surface area contributed by atoms with E-state index in [1.54, 1.807) is 0 Å². The van der Waals surface area contributed by atoms with Crippen LogP contribution in [-0.2, 0) is 11.3 Å². The van der Waals surface area contributed by atoms with E-state index in [4.69, 9.17) is 4.74 Å². The minimum absolute atomic E-state index is 0.0955. The molecule has 0 aliphatic rings. The lowest BCUT2D eigenvalue weighted by Gasteiger charge is -2.05. The Bertz CT molecular complexity index is 506. The van der Waals surface area contributed by atoms with Crippen molar-refractivity contribution in [3.8, 4) is 5.75 Å². The molecule has 85 valence electrons. The number of hydrogen-bond acceptors (Lipinski definition) is 3. The van der Waals surface area contributed by atoms with Crippen LogP contribution in [0.15, 0.2) is 48.5 Å². The highest BCUT2D eigenvalue weighted by atomic mass is 16.5. The van der Waals surface area contributed by atoms with Gasteiger partial charge in [0.15, 0.2) is 0 Å².